The van der Waals surface area contributed by atoms with Gasteiger partial charge in [0.25, 0.3) is 5.91 Å². The topological polar surface area (TPSA) is 84.9 Å². The van der Waals surface area contributed by atoms with Crippen LogP contribution in [0.15, 0.2) is 54.6 Å². The Morgan fingerprint density at radius 1 is 1.14 bits per heavy atom. The number of nitrogens with one attached hydrogen (secondary N) is 1. The lowest BCUT2D eigenvalue weighted by Gasteiger charge is -2.26. The highest BCUT2D eigenvalue weighted by atomic mass is 16.5. The molecule has 0 bridgehead atoms. The van der Waals surface area contributed by atoms with Gasteiger partial charge >= 0.3 is 0 Å². The molecule has 1 unspecified atom stereocenters. The van der Waals surface area contributed by atoms with Gasteiger partial charge in [0.2, 0.25) is 5.60 Å². The molecule has 0 spiro atoms. The highest BCUT2D eigenvalue weighted by Gasteiger charge is 2.42. The maximum absolute atomic E-state index is 12.7. The molecule has 0 radical (unpaired) electrons. The van der Waals surface area contributed by atoms with Crippen LogP contribution in [0.2, 0.25) is 0 Å². The second-order valence-electron chi connectivity index (χ2n) is 7.42. The maximum atomic E-state index is 12.7. The van der Waals surface area contributed by atoms with Gasteiger partial charge in [-0.1, -0.05) is 54.6 Å². The normalized spacial score (nSPS) is 18.2. The van der Waals surface area contributed by atoms with E-state index < -0.39 is 11.5 Å². The number of hydroxylamine groups is 1. The number of Topliss-reactive ketones (excluding diaryl/α,β-unsaturated/α-hetero) is 1. The summed E-state index contributed by atoms with van der Waals surface area (Å²) in [5.41, 5.74) is 2.81. The standard InChI is InChI=1S/C23H27NO5/c1-23(22(26)24-27,21(25)14-13-20-8-5-15-28-20)29-16-17-9-11-19(12-10-17)18-6-3-2-4-7-18/h2-4,6-7,9-12,20,27H,5,8,13-16H2,1H3,(H,24,26)/t20-,23?/m0/s1. The molecule has 1 aliphatic heterocycles. The fourth-order valence-electron chi connectivity index (χ4n) is 3.43. The van der Waals surface area contributed by atoms with Crippen molar-refractivity contribution in [3.8, 4) is 11.1 Å². The van der Waals surface area contributed by atoms with E-state index >= 15 is 0 Å². The molecule has 3 rings (SSSR count). The summed E-state index contributed by atoms with van der Waals surface area (Å²) in [6, 6.07) is 17.7. The Bertz CT molecular complexity index is 815. The van der Waals surface area contributed by atoms with Crippen LogP contribution < -0.4 is 5.48 Å². The van der Waals surface area contributed by atoms with Crippen LogP contribution in [-0.4, -0.2) is 35.2 Å². The number of ketones is 1. The van der Waals surface area contributed by atoms with Crippen LogP contribution in [0.25, 0.3) is 11.1 Å². The van der Waals surface area contributed by atoms with Gasteiger partial charge in [-0.05, 0) is 42.9 Å². The first-order chi connectivity index (χ1) is 14.0. The largest absolute Gasteiger partial charge is 0.378 e. The Morgan fingerprint density at radius 3 is 2.45 bits per heavy atom. The van der Waals surface area contributed by atoms with Crippen molar-refractivity contribution in [2.24, 2.45) is 0 Å². The van der Waals surface area contributed by atoms with Crippen molar-refractivity contribution in [3.63, 3.8) is 0 Å². The van der Waals surface area contributed by atoms with E-state index in [9.17, 15) is 9.59 Å². The molecule has 2 aromatic carbocycles. The third-order valence-corrected chi connectivity index (χ3v) is 5.37. The summed E-state index contributed by atoms with van der Waals surface area (Å²) in [6.45, 7) is 2.18. The van der Waals surface area contributed by atoms with Crippen LogP contribution in [-0.2, 0) is 25.7 Å². The molecule has 1 amide bonds. The van der Waals surface area contributed by atoms with E-state index in [1.54, 1.807) is 5.48 Å². The summed E-state index contributed by atoms with van der Waals surface area (Å²) in [4.78, 5) is 24.9. The van der Waals surface area contributed by atoms with Gasteiger partial charge in [-0.15, -0.1) is 0 Å². The van der Waals surface area contributed by atoms with Crippen LogP contribution in [0.1, 0.15) is 38.2 Å². The maximum Gasteiger partial charge on any atom is 0.283 e. The quantitative estimate of drug-likeness (QED) is 0.383. The number of benzene rings is 2. The van der Waals surface area contributed by atoms with Crippen molar-refractivity contribution in [3.05, 3.63) is 60.2 Å². The third-order valence-electron chi connectivity index (χ3n) is 5.37. The van der Waals surface area contributed by atoms with Gasteiger partial charge in [0.05, 0.1) is 12.7 Å². The molecular formula is C23H27NO5. The minimum atomic E-state index is -1.76. The number of rotatable bonds is 9. The van der Waals surface area contributed by atoms with Crippen LogP contribution in [0.3, 0.4) is 0 Å². The minimum absolute atomic E-state index is 0.0471. The zero-order chi connectivity index (χ0) is 20.7. The molecule has 29 heavy (non-hydrogen) atoms. The number of carbonyl (C=O) groups excluding carboxylic acids is 2. The summed E-state index contributed by atoms with van der Waals surface area (Å²) in [7, 11) is 0. The number of amides is 1. The molecule has 0 aliphatic carbocycles. The van der Waals surface area contributed by atoms with Crippen LogP contribution in [0.4, 0.5) is 0 Å². The molecule has 1 saturated heterocycles. The number of hydrogen-bond acceptors (Lipinski definition) is 5. The molecule has 0 aromatic heterocycles. The van der Waals surface area contributed by atoms with Gasteiger partial charge < -0.3 is 9.47 Å². The number of hydrogen-bond donors (Lipinski definition) is 2. The first-order valence-electron chi connectivity index (χ1n) is 9.90. The van der Waals surface area contributed by atoms with Crippen LogP contribution >= 0.6 is 0 Å². The van der Waals surface area contributed by atoms with Gasteiger partial charge in [0.1, 0.15) is 0 Å². The Hall–Kier alpha value is -2.54. The first-order valence-corrected chi connectivity index (χ1v) is 9.90. The van der Waals surface area contributed by atoms with Gasteiger partial charge in [-0.2, -0.15) is 0 Å². The molecule has 2 aromatic rings. The van der Waals surface area contributed by atoms with Crippen molar-refractivity contribution in [2.75, 3.05) is 6.61 Å². The van der Waals surface area contributed by atoms with Crippen molar-refractivity contribution in [1.29, 1.82) is 0 Å². The number of ether oxygens (including phenoxy) is 2. The van der Waals surface area contributed by atoms with Crippen LogP contribution in [0.5, 0.6) is 0 Å². The fourth-order valence-corrected chi connectivity index (χ4v) is 3.43. The third kappa shape index (κ3) is 5.29. The van der Waals surface area contributed by atoms with E-state index in [4.69, 9.17) is 14.7 Å². The SMILES string of the molecule is CC(OCc1ccc(-c2ccccc2)cc1)(C(=O)CC[C@@H]1CCCO1)C(=O)NO. The van der Waals surface area contributed by atoms with Gasteiger partial charge in [0, 0.05) is 13.0 Å². The summed E-state index contributed by atoms with van der Waals surface area (Å²) in [6.07, 6.45) is 2.66. The minimum Gasteiger partial charge on any atom is -0.378 e. The molecule has 2 N–H and O–H groups in total. The molecule has 2 atom stereocenters. The van der Waals surface area contributed by atoms with E-state index in [1.165, 1.54) is 6.92 Å². The van der Waals surface area contributed by atoms with Gasteiger partial charge in [-0.25, -0.2) is 5.48 Å². The summed E-state index contributed by atoms with van der Waals surface area (Å²) in [5.74, 6) is -1.24. The lowest BCUT2D eigenvalue weighted by molar-refractivity contribution is -0.165. The smallest absolute Gasteiger partial charge is 0.283 e. The van der Waals surface area contributed by atoms with E-state index in [2.05, 4.69) is 0 Å². The first kappa shape index (κ1) is 21.2. The second kappa shape index (κ2) is 9.78. The zero-order valence-electron chi connectivity index (χ0n) is 16.6. The molecular weight excluding hydrogens is 370 g/mol. The van der Waals surface area contributed by atoms with Crippen LogP contribution in [0, 0.1) is 0 Å². The molecule has 1 fully saturated rings. The van der Waals surface area contributed by atoms with E-state index in [0.717, 1.165) is 29.5 Å². The highest BCUT2D eigenvalue weighted by molar-refractivity contribution is 6.08. The lowest BCUT2D eigenvalue weighted by Crippen LogP contribution is -2.51. The fraction of sp³-hybridized carbons (Fsp3) is 0.391. The molecule has 154 valence electrons. The highest BCUT2D eigenvalue weighted by Crippen LogP contribution is 2.24. The van der Waals surface area contributed by atoms with Crippen molar-refractivity contribution >= 4 is 11.7 Å². The van der Waals surface area contributed by atoms with Crippen molar-refractivity contribution in [2.45, 2.75) is 50.9 Å². The Balaban J connectivity index is 1.63. The van der Waals surface area contributed by atoms with E-state index in [-0.39, 0.29) is 24.9 Å². The summed E-state index contributed by atoms with van der Waals surface area (Å²) < 4.78 is 11.3. The predicted octanol–water partition coefficient (Wildman–Crippen LogP) is 3.66. The average molecular weight is 397 g/mol. The van der Waals surface area contributed by atoms with Crippen molar-refractivity contribution < 1.29 is 24.3 Å². The van der Waals surface area contributed by atoms with E-state index in [0.29, 0.717) is 13.0 Å². The Labute approximate surface area is 170 Å². The van der Waals surface area contributed by atoms with Crippen molar-refractivity contribution in [1.82, 2.24) is 5.48 Å². The summed E-state index contributed by atoms with van der Waals surface area (Å²) in [5, 5.41) is 9.10. The van der Waals surface area contributed by atoms with Gasteiger partial charge in [-0.3, -0.25) is 14.8 Å². The Kier molecular flexibility index (Phi) is 7.14. The van der Waals surface area contributed by atoms with E-state index in [1.807, 2.05) is 54.6 Å². The second-order valence-corrected chi connectivity index (χ2v) is 7.42. The predicted molar refractivity (Wildman–Crippen MR) is 108 cm³/mol. The average Bonchev–Trinajstić information content (AvgIpc) is 3.30. The molecule has 6 nitrogen and oxygen atoms in total. The monoisotopic (exact) mass is 397 g/mol. The molecule has 1 aliphatic rings. The Morgan fingerprint density at radius 2 is 1.83 bits per heavy atom. The van der Waals surface area contributed by atoms with Gasteiger partial charge in [0.15, 0.2) is 5.78 Å². The lowest BCUT2D eigenvalue weighted by atomic mass is 9.94. The molecule has 6 heteroatoms. The summed E-state index contributed by atoms with van der Waals surface area (Å²) >= 11 is 0. The number of carbonyl (C=O) groups is 2. The zero-order valence-corrected chi connectivity index (χ0v) is 16.6. The molecule has 1 heterocycles. The molecule has 0 saturated carbocycles.